The number of methoxy groups -OCH3 is 1. The van der Waals surface area contributed by atoms with Crippen molar-refractivity contribution in [1.82, 2.24) is 0 Å². The summed E-state index contributed by atoms with van der Waals surface area (Å²) in [5.41, 5.74) is 0. The Morgan fingerprint density at radius 1 is 1.33 bits per heavy atom. The number of hydrogen-bond acceptors (Lipinski definition) is 6. The summed E-state index contributed by atoms with van der Waals surface area (Å²) in [6.45, 7) is 2.08. The van der Waals surface area contributed by atoms with Crippen molar-refractivity contribution in [3.63, 3.8) is 0 Å². The van der Waals surface area contributed by atoms with Gasteiger partial charge in [0.15, 0.2) is 11.9 Å². The van der Waals surface area contributed by atoms with Crippen LogP contribution in [0.2, 0.25) is 0 Å². The van der Waals surface area contributed by atoms with Crippen LogP contribution in [0.1, 0.15) is 39.0 Å². The number of rotatable bonds is 3. The summed E-state index contributed by atoms with van der Waals surface area (Å²) in [7, 11) is 1.53. The maximum Gasteiger partial charge on any atom is 0.311 e. The standard InChI is InChI=1S/C15H24O6/c1-9-12(18-2)13(20-14(9)17)11(16)10-8-19-15(21-10)6-4-3-5-7-15/h9-13,16H,3-8H2,1-2H3/t9-,10-,11-,12+,13+/m1/s1. The van der Waals surface area contributed by atoms with Crippen molar-refractivity contribution in [2.45, 2.75) is 69.2 Å². The van der Waals surface area contributed by atoms with Crippen LogP contribution in [-0.2, 0) is 23.7 Å². The fourth-order valence-corrected chi connectivity index (χ4v) is 3.64. The van der Waals surface area contributed by atoms with Gasteiger partial charge in [0.2, 0.25) is 0 Å². The van der Waals surface area contributed by atoms with Gasteiger partial charge in [0.05, 0.1) is 12.5 Å². The minimum Gasteiger partial charge on any atom is -0.456 e. The Kier molecular flexibility index (Phi) is 4.23. The Balaban J connectivity index is 1.66. The molecule has 120 valence electrons. The van der Waals surface area contributed by atoms with Crippen LogP contribution >= 0.6 is 0 Å². The maximum absolute atomic E-state index is 11.7. The van der Waals surface area contributed by atoms with Gasteiger partial charge in [-0.1, -0.05) is 6.42 Å². The molecule has 0 unspecified atom stereocenters. The highest BCUT2D eigenvalue weighted by Gasteiger charge is 2.52. The minimum absolute atomic E-state index is 0.333. The van der Waals surface area contributed by atoms with E-state index in [0.717, 1.165) is 25.7 Å². The van der Waals surface area contributed by atoms with Gasteiger partial charge >= 0.3 is 5.97 Å². The summed E-state index contributed by atoms with van der Waals surface area (Å²) in [4.78, 5) is 11.7. The van der Waals surface area contributed by atoms with Crippen LogP contribution in [0, 0.1) is 5.92 Å². The summed E-state index contributed by atoms with van der Waals surface area (Å²) in [5.74, 6) is -1.25. The number of cyclic esters (lactones) is 1. The van der Waals surface area contributed by atoms with Crippen molar-refractivity contribution < 1.29 is 28.8 Å². The Morgan fingerprint density at radius 3 is 2.71 bits per heavy atom. The van der Waals surface area contributed by atoms with Crippen LogP contribution in [0.3, 0.4) is 0 Å². The first-order chi connectivity index (χ1) is 10.1. The van der Waals surface area contributed by atoms with Crippen molar-refractivity contribution in [3.8, 4) is 0 Å². The molecule has 5 atom stereocenters. The Labute approximate surface area is 124 Å². The summed E-state index contributed by atoms with van der Waals surface area (Å²) < 4.78 is 22.4. The molecule has 3 aliphatic rings. The van der Waals surface area contributed by atoms with E-state index in [1.54, 1.807) is 6.92 Å². The van der Waals surface area contributed by atoms with Gasteiger partial charge in [-0.2, -0.15) is 0 Å². The quantitative estimate of drug-likeness (QED) is 0.784. The fourth-order valence-electron chi connectivity index (χ4n) is 3.64. The molecule has 1 aliphatic carbocycles. The lowest BCUT2D eigenvalue weighted by Crippen LogP contribution is -2.46. The molecule has 0 amide bonds. The molecule has 1 saturated carbocycles. The van der Waals surface area contributed by atoms with Crippen LogP contribution in [0.4, 0.5) is 0 Å². The second kappa shape index (κ2) is 5.83. The van der Waals surface area contributed by atoms with E-state index in [2.05, 4.69) is 0 Å². The lowest BCUT2D eigenvalue weighted by Gasteiger charge is -2.33. The van der Waals surface area contributed by atoms with Crippen molar-refractivity contribution in [1.29, 1.82) is 0 Å². The van der Waals surface area contributed by atoms with Gasteiger partial charge in [-0.25, -0.2) is 0 Å². The monoisotopic (exact) mass is 300 g/mol. The highest BCUT2D eigenvalue weighted by molar-refractivity contribution is 5.75. The molecule has 0 aromatic heterocycles. The lowest BCUT2D eigenvalue weighted by molar-refractivity contribution is -0.204. The van der Waals surface area contributed by atoms with Crippen molar-refractivity contribution in [2.75, 3.05) is 13.7 Å². The zero-order valence-electron chi connectivity index (χ0n) is 12.6. The minimum atomic E-state index is -0.926. The molecule has 0 bridgehead atoms. The average molecular weight is 300 g/mol. The van der Waals surface area contributed by atoms with Crippen LogP contribution in [-0.4, -0.2) is 55.0 Å². The molecule has 6 heteroatoms. The van der Waals surface area contributed by atoms with E-state index in [1.807, 2.05) is 0 Å². The van der Waals surface area contributed by atoms with Gasteiger partial charge in [-0.15, -0.1) is 0 Å². The highest BCUT2D eigenvalue weighted by atomic mass is 16.7. The molecule has 0 radical (unpaired) electrons. The zero-order valence-corrected chi connectivity index (χ0v) is 12.6. The van der Waals surface area contributed by atoms with Gasteiger partial charge in [-0.3, -0.25) is 4.79 Å². The normalized spacial score (nSPS) is 40.4. The van der Waals surface area contributed by atoms with E-state index in [1.165, 1.54) is 13.5 Å². The fraction of sp³-hybridized carbons (Fsp3) is 0.933. The molecule has 3 fully saturated rings. The van der Waals surface area contributed by atoms with E-state index >= 15 is 0 Å². The first-order valence-corrected chi connectivity index (χ1v) is 7.79. The summed E-state index contributed by atoms with van der Waals surface area (Å²) in [6, 6.07) is 0. The number of esters is 1. The third-order valence-corrected chi connectivity index (χ3v) is 4.92. The average Bonchev–Trinajstić information content (AvgIpc) is 3.02. The number of ether oxygens (including phenoxy) is 4. The molecule has 2 heterocycles. The Hall–Kier alpha value is -0.690. The number of carbonyl (C=O) groups excluding carboxylic acids is 1. The molecule has 2 aliphatic heterocycles. The second-order valence-electron chi connectivity index (χ2n) is 6.32. The van der Waals surface area contributed by atoms with Gasteiger partial charge in [0.25, 0.3) is 0 Å². The molecule has 0 aromatic rings. The summed E-state index contributed by atoms with van der Waals surface area (Å²) >= 11 is 0. The number of aliphatic hydroxyl groups is 1. The zero-order chi connectivity index (χ0) is 15.0. The molecular formula is C15H24O6. The topological polar surface area (TPSA) is 74.2 Å². The van der Waals surface area contributed by atoms with E-state index in [4.69, 9.17) is 18.9 Å². The molecule has 6 nitrogen and oxygen atoms in total. The van der Waals surface area contributed by atoms with Crippen LogP contribution in [0.25, 0.3) is 0 Å². The van der Waals surface area contributed by atoms with Crippen LogP contribution in [0.15, 0.2) is 0 Å². The van der Waals surface area contributed by atoms with E-state index < -0.39 is 30.2 Å². The molecule has 21 heavy (non-hydrogen) atoms. The largest absolute Gasteiger partial charge is 0.456 e. The third kappa shape index (κ3) is 2.70. The Morgan fingerprint density at radius 2 is 2.05 bits per heavy atom. The van der Waals surface area contributed by atoms with E-state index in [-0.39, 0.29) is 11.9 Å². The molecule has 0 aromatic carbocycles. The number of carbonyl (C=O) groups is 1. The lowest BCUT2D eigenvalue weighted by atomic mass is 9.94. The summed E-state index contributed by atoms with van der Waals surface area (Å²) in [6.07, 6.45) is 2.57. The number of aliphatic hydroxyl groups excluding tert-OH is 1. The predicted molar refractivity (Wildman–Crippen MR) is 72.5 cm³/mol. The van der Waals surface area contributed by atoms with Gasteiger partial charge < -0.3 is 24.1 Å². The van der Waals surface area contributed by atoms with Crippen molar-refractivity contribution in [2.24, 2.45) is 5.92 Å². The smallest absolute Gasteiger partial charge is 0.311 e. The second-order valence-corrected chi connectivity index (χ2v) is 6.32. The van der Waals surface area contributed by atoms with Gasteiger partial charge in [-0.05, 0) is 19.8 Å². The summed E-state index contributed by atoms with van der Waals surface area (Å²) in [5, 5.41) is 10.5. The number of hydrogen-bond donors (Lipinski definition) is 1. The highest BCUT2D eigenvalue weighted by Crippen LogP contribution is 2.40. The van der Waals surface area contributed by atoms with Crippen molar-refractivity contribution >= 4 is 5.97 Å². The molecule has 1 N–H and O–H groups in total. The predicted octanol–water partition coefficient (Wildman–Crippen LogP) is 1.000. The molecule has 1 spiro atoms. The molecule has 2 saturated heterocycles. The van der Waals surface area contributed by atoms with E-state index in [0.29, 0.717) is 6.61 Å². The van der Waals surface area contributed by atoms with Gasteiger partial charge in [0.1, 0.15) is 18.3 Å². The van der Waals surface area contributed by atoms with Crippen molar-refractivity contribution in [3.05, 3.63) is 0 Å². The maximum atomic E-state index is 11.7. The third-order valence-electron chi connectivity index (χ3n) is 4.92. The first-order valence-electron chi connectivity index (χ1n) is 7.79. The SMILES string of the molecule is CO[C@@H]1[C@H]([C@H](O)[C@H]2COC3(CCCCC3)O2)OC(=O)[C@@H]1C. The molecule has 3 rings (SSSR count). The van der Waals surface area contributed by atoms with Crippen LogP contribution < -0.4 is 0 Å². The molecular weight excluding hydrogens is 276 g/mol. The Bertz CT molecular complexity index is 392. The van der Waals surface area contributed by atoms with E-state index in [9.17, 15) is 9.90 Å². The first kappa shape index (κ1) is 15.2. The van der Waals surface area contributed by atoms with Crippen LogP contribution in [0.5, 0.6) is 0 Å². The van der Waals surface area contributed by atoms with Gasteiger partial charge in [0, 0.05) is 20.0 Å².